The van der Waals surface area contributed by atoms with Gasteiger partial charge in [-0.1, -0.05) is 37.1 Å². The largest absolute Gasteiger partial charge is 0.493 e. The zero-order chi connectivity index (χ0) is 15.4. The summed E-state index contributed by atoms with van der Waals surface area (Å²) in [7, 11) is 0. The van der Waals surface area contributed by atoms with Gasteiger partial charge in [0.25, 0.3) is 11.8 Å². The number of rotatable bonds is 8. The van der Waals surface area contributed by atoms with Gasteiger partial charge in [-0.3, -0.25) is 14.5 Å². The Bertz CT molecular complexity index is 627. The average molecular weight is 297 g/mol. The van der Waals surface area contributed by atoms with Crippen molar-refractivity contribution in [2.45, 2.75) is 25.7 Å². The van der Waals surface area contributed by atoms with Crippen molar-refractivity contribution in [3.05, 3.63) is 47.5 Å². The summed E-state index contributed by atoms with van der Waals surface area (Å²) in [4.78, 5) is 24.0. The molecule has 2 aliphatic rings. The van der Waals surface area contributed by atoms with Gasteiger partial charge in [0.05, 0.1) is 6.61 Å². The summed E-state index contributed by atoms with van der Waals surface area (Å²) in [6.45, 7) is 1.23. The Labute approximate surface area is 130 Å². The van der Waals surface area contributed by atoms with Crippen LogP contribution in [0.5, 0.6) is 0 Å². The first-order valence-corrected chi connectivity index (χ1v) is 7.73. The normalized spacial score (nSPS) is 15.6. The fourth-order valence-electron chi connectivity index (χ4n) is 2.67. The number of fused-ring (bicyclic) bond motifs is 1. The molecule has 3 rings (SSSR count). The van der Waals surface area contributed by atoms with E-state index in [1.807, 2.05) is 12.1 Å². The van der Waals surface area contributed by atoms with Crippen molar-refractivity contribution in [3.63, 3.8) is 0 Å². The fraction of sp³-hybridized carbons (Fsp3) is 0.333. The molecule has 0 spiro atoms. The summed E-state index contributed by atoms with van der Waals surface area (Å²) in [5.74, 6) is 0.600. The van der Waals surface area contributed by atoms with Crippen molar-refractivity contribution < 1.29 is 14.3 Å². The first-order valence-electron chi connectivity index (χ1n) is 7.73. The lowest BCUT2D eigenvalue weighted by molar-refractivity contribution is -0.136. The number of imide groups is 1. The molecule has 4 nitrogen and oxygen atoms in total. The predicted molar refractivity (Wildman–Crippen MR) is 84.6 cm³/mol. The molecule has 4 heteroatoms. The van der Waals surface area contributed by atoms with Crippen molar-refractivity contribution in [2.75, 3.05) is 13.2 Å². The van der Waals surface area contributed by atoms with Crippen molar-refractivity contribution in [1.82, 2.24) is 4.90 Å². The second-order valence-electron chi connectivity index (χ2n) is 5.52. The van der Waals surface area contributed by atoms with E-state index in [1.165, 1.54) is 28.2 Å². The molecular formula is C18H19NO3. The molecule has 0 saturated carbocycles. The van der Waals surface area contributed by atoms with Crippen LogP contribution in [0.2, 0.25) is 0 Å². The van der Waals surface area contributed by atoms with Gasteiger partial charge in [-0.25, -0.2) is 0 Å². The van der Waals surface area contributed by atoms with Crippen molar-refractivity contribution >= 4 is 23.6 Å². The van der Waals surface area contributed by atoms with E-state index in [2.05, 4.69) is 18.2 Å². The highest BCUT2D eigenvalue weighted by Crippen LogP contribution is 2.32. The lowest BCUT2D eigenvalue weighted by Gasteiger charge is -2.20. The van der Waals surface area contributed by atoms with Gasteiger partial charge in [0, 0.05) is 24.3 Å². The number of carbonyl (C=O) groups excluding carboxylic acids is 2. The SMILES string of the molecule is O=C1C=CC(=O)N1CCCCCCOC1=Cc2ccccc21. The van der Waals surface area contributed by atoms with Crippen LogP contribution in [0, 0.1) is 0 Å². The molecule has 1 aromatic rings. The molecule has 0 unspecified atom stereocenters. The van der Waals surface area contributed by atoms with Crippen LogP contribution in [0.25, 0.3) is 11.8 Å². The topological polar surface area (TPSA) is 46.6 Å². The molecule has 0 atom stereocenters. The monoisotopic (exact) mass is 297 g/mol. The Morgan fingerprint density at radius 1 is 0.909 bits per heavy atom. The lowest BCUT2D eigenvalue weighted by Crippen LogP contribution is -2.30. The van der Waals surface area contributed by atoms with Crippen LogP contribution in [-0.2, 0) is 14.3 Å². The van der Waals surface area contributed by atoms with Gasteiger partial charge in [0.2, 0.25) is 0 Å². The first-order chi connectivity index (χ1) is 10.8. The van der Waals surface area contributed by atoms with E-state index in [9.17, 15) is 9.59 Å². The summed E-state index contributed by atoms with van der Waals surface area (Å²) in [5.41, 5.74) is 2.44. The minimum Gasteiger partial charge on any atom is -0.493 e. The minimum atomic E-state index is -0.191. The molecule has 114 valence electrons. The maximum absolute atomic E-state index is 11.4. The first kappa shape index (κ1) is 14.6. The van der Waals surface area contributed by atoms with E-state index in [0.29, 0.717) is 13.2 Å². The second-order valence-corrected chi connectivity index (χ2v) is 5.52. The Balaban J connectivity index is 1.25. The summed E-state index contributed by atoms with van der Waals surface area (Å²) >= 11 is 0. The Morgan fingerprint density at radius 2 is 1.64 bits per heavy atom. The third-order valence-electron chi connectivity index (χ3n) is 3.95. The van der Waals surface area contributed by atoms with Gasteiger partial charge in [0.1, 0.15) is 5.76 Å². The number of carbonyl (C=O) groups is 2. The molecule has 0 fully saturated rings. The van der Waals surface area contributed by atoms with Gasteiger partial charge < -0.3 is 4.74 Å². The van der Waals surface area contributed by atoms with E-state index in [4.69, 9.17) is 4.74 Å². The van der Waals surface area contributed by atoms with Gasteiger partial charge in [-0.05, 0) is 24.5 Å². The van der Waals surface area contributed by atoms with Crippen LogP contribution in [0.3, 0.4) is 0 Å². The molecule has 2 amide bonds. The molecule has 1 heterocycles. The van der Waals surface area contributed by atoms with E-state index in [0.717, 1.165) is 31.4 Å². The fourth-order valence-corrected chi connectivity index (χ4v) is 2.67. The highest BCUT2D eigenvalue weighted by Gasteiger charge is 2.22. The van der Waals surface area contributed by atoms with Gasteiger partial charge in [-0.15, -0.1) is 0 Å². The van der Waals surface area contributed by atoms with Crippen LogP contribution < -0.4 is 0 Å². The highest BCUT2D eigenvalue weighted by atomic mass is 16.5. The average Bonchev–Trinajstić information content (AvgIpc) is 2.82. The van der Waals surface area contributed by atoms with Crippen LogP contribution in [0.15, 0.2) is 36.4 Å². The number of hydrogen-bond acceptors (Lipinski definition) is 3. The zero-order valence-electron chi connectivity index (χ0n) is 12.5. The smallest absolute Gasteiger partial charge is 0.253 e. The van der Waals surface area contributed by atoms with E-state index >= 15 is 0 Å². The molecule has 0 saturated heterocycles. The van der Waals surface area contributed by atoms with Crippen LogP contribution >= 0.6 is 0 Å². The number of amides is 2. The van der Waals surface area contributed by atoms with E-state index in [-0.39, 0.29) is 11.8 Å². The molecule has 0 aromatic heterocycles. The second kappa shape index (κ2) is 6.60. The van der Waals surface area contributed by atoms with Crippen molar-refractivity contribution in [3.8, 4) is 0 Å². The molecule has 0 radical (unpaired) electrons. The number of hydrogen-bond donors (Lipinski definition) is 0. The number of benzene rings is 1. The van der Waals surface area contributed by atoms with Crippen molar-refractivity contribution in [2.24, 2.45) is 0 Å². The molecule has 1 aliphatic carbocycles. The lowest BCUT2D eigenvalue weighted by atomic mass is 9.96. The third-order valence-corrected chi connectivity index (χ3v) is 3.95. The van der Waals surface area contributed by atoms with E-state index in [1.54, 1.807) is 0 Å². The molecule has 1 aliphatic heterocycles. The van der Waals surface area contributed by atoms with E-state index < -0.39 is 0 Å². The summed E-state index contributed by atoms with van der Waals surface area (Å²) in [6, 6.07) is 8.20. The quantitative estimate of drug-likeness (QED) is 0.547. The maximum Gasteiger partial charge on any atom is 0.253 e. The maximum atomic E-state index is 11.4. The third kappa shape index (κ3) is 3.11. The summed E-state index contributed by atoms with van der Waals surface area (Å²) in [5, 5.41) is 0. The number of unbranched alkanes of at least 4 members (excludes halogenated alkanes) is 3. The zero-order valence-corrected chi connectivity index (χ0v) is 12.5. The number of ether oxygens (including phenoxy) is 1. The summed E-state index contributed by atoms with van der Waals surface area (Å²) in [6.07, 6.45) is 8.60. The van der Waals surface area contributed by atoms with Gasteiger partial charge in [0.15, 0.2) is 0 Å². The molecular weight excluding hydrogens is 278 g/mol. The van der Waals surface area contributed by atoms with Crippen LogP contribution in [0.4, 0.5) is 0 Å². The highest BCUT2D eigenvalue weighted by molar-refractivity contribution is 6.12. The van der Waals surface area contributed by atoms with Crippen molar-refractivity contribution in [1.29, 1.82) is 0 Å². The molecule has 0 N–H and O–H groups in total. The Hall–Kier alpha value is -2.36. The number of nitrogens with zero attached hydrogens (tertiary/aromatic N) is 1. The summed E-state index contributed by atoms with van der Waals surface area (Å²) < 4.78 is 5.75. The van der Waals surface area contributed by atoms with Gasteiger partial charge in [-0.2, -0.15) is 0 Å². The molecule has 1 aromatic carbocycles. The molecule has 22 heavy (non-hydrogen) atoms. The van der Waals surface area contributed by atoms with Crippen LogP contribution in [0.1, 0.15) is 36.8 Å². The van der Waals surface area contributed by atoms with Gasteiger partial charge >= 0.3 is 0 Å². The standard InChI is InChI=1S/C18H19NO3/c20-17-9-10-18(21)19(17)11-5-1-2-6-12-22-16-13-14-7-3-4-8-15(14)16/h3-4,7-10,13H,1-2,5-6,11-12H2. The minimum absolute atomic E-state index is 0.191. The Kier molecular flexibility index (Phi) is 4.37. The Morgan fingerprint density at radius 3 is 2.41 bits per heavy atom. The van der Waals surface area contributed by atoms with Crippen LogP contribution in [-0.4, -0.2) is 29.9 Å². The predicted octanol–water partition coefficient (Wildman–Crippen LogP) is 3.00. The molecule has 0 bridgehead atoms.